The van der Waals surface area contributed by atoms with Gasteiger partial charge in [-0.1, -0.05) is 11.6 Å². The van der Waals surface area contributed by atoms with Crippen molar-refractivity contribution >= 4 is 11.6 Å². The van der Waals surface area contributed by atoms with Gasteiger partial charge in [0, 0.05) is 32.8 Å². The Balaban J connectivity index is 2.64. The van der Waals surface area contributed by atoms with Crippen LogP contribution >= 0.6 is 11.6 Å². The van der Waals surface area contributed by atoms with Crippen molar-refractivity contribution in [1.29, 1.82) is 0 Å². The number of halogens is 1. The molecular formula is C10H16ClN3O3. The molecule has 0 fully saturated rings. The summed E-state index contributed by atoms with van der Waals surface area (Å²) >= 11 is 5.56. The van der Waals surface area contributed by atoms with Crippen LogP contribution in [0.4, 0.5) is 0 Å². The molecular weight excluding hydrogens is 246 g/mol. The van der Waals surface area contributed by atoms with Gasteiger partial charge < -0.3 is 9.64 Å². The summed E-state index contributed by atoms with van der Waals surface area (Å²) in [5.41, 5.74) is -0.874. The number of aromatic amines is 1. The van der Waals surface area contributed by atoms with Gasteiger partial charge >= 0.3 is 5.69 Å². The largest absolute Gasteiger partial charge is 0.383 e. The van der Waals surface area contributed by atoms with E-state index < -0.39 is 5.69 Å². The van der Waals surface area contributed by atoms with Gasteiger partial charge in [0.05, 0.1) is 6.61 Å². The van der Waals surface area contributed by atoms with Gasteiger partial charge in [0.2, 0.25) is 0 Å². The van der Waals surface area contributed by atoms with Crippen LogP contribution in [-0.4, -0.2) is 48.3 Å². The van der Waals surface area contributed by atoms with E-state index in [0.29, 0.717) is 19.7 Å². The highest BCUT2D eigenvalue weighted by atomic mass is 35.5. The molecule has 1 heterocycles. The Labute approximate surface area is 104 Å². The SMILES string of the molecule is COCCN(C)CCn1c(=O)cc(Cl)[nH]c1=O. The van der Waals surface area contributed by atoms with E-state index in [2.05, 4.69) is 4.98 Å². The minimum absolute atomic E-state index is 0.0592. The third kappa shape index (κ3) is 4.33. The van der Waals surface area contributed by atoms with Crippen LogP contribution in [0.3, 0.4) is 0 Å². The number of rotatable bonds is 6. The molecule has 0 spiro atoms. The third-order valence-corrected chi connectivity index (χ3v) is 2.57. The van der Waals surface area contributed by atoms with Crippen molar-refractivity contribution in [2.45, 2.75) is 6.54 Å². The van der Waals surface area contributed by atoms with E-state index in [1.807, 2.05) is 11.9 Å². The zero-order chi connectivity index (χ0) is 12.8. The number of H-pyrrole nitrogens is 1. The number of nitrogens with one attached hydrogen (secondary N) is 1. The van der Waals surface area contributed by atoms with Crippen LogP contribution in [0.25, 0.3) is 0 Å². The molecule has 0 bridgehead atoms. The monoisotopic (exact) mass is 261 g/mol. The highest BCUT2D eigenvalue weighted by Crippen LogP contribution is 1.93. The maximum atomic E-state index is 11.5. The summed E-state index contributed by atoms with van der Waals surface area (Å²) < 4.78 is 6.05. The zero-order valence-corrected chi connectivity index (χ0v) is 10.7. The normalized spacial score (nSPS) is 11.1. The van der Waals surface area contributed by atoms with Crippen LogP contribution in [0.5, 0.6) is 0 Å². The van der Waals surface area contributed by atoms with Crippen molar-refractivity contribution < 1.29 is 4.74 Å². The molecule has 0 aromatic carbocycles. The first-order valence-electron chi connectivity index (χ1n) is 5.21. The maximum Gasteiger partial charge on any atom is 0.329 e. The summed E-state index contributed by atoms with van der Waals surface area (Å²) in [6.07, 6.45) is 0. The molecule has 0 atom stereocenters. The number of hydrogen-bond donors (Lipinski definition) is 1. The van der Waals surface area contributed by atoms with Crippen LogP contribution in [-0.2, 0) is 11.3 Å². The fourth-order valence-electron chi connectivity index (χ4n) is 1.33. The van der Waals surface area contributed by atoms with Crippen molar-refractivity contribution in [3.8, 4) is 0 Å². The Morgan fingerprint density at radius 2 is 2.18 bits per heavy atom. The van der Waals surface area contributed by atoms with Crippen molar-refractivity contribution in [2.24, 2.45) is 0 Å². The summed E-state index contributed by atoms with van der Waals surface area (Å²) in [6, 6.07) is 1.19. The number of likely N-dealkylation sites (N-methyl/N-ethyl adjacent to an activating group) is 1. The molecule has 1 aromatic rings. The first-order valence-corrected chi connectivity index (χ1v) is 5.59. The zero-order valence-electron chi connectivity index (χ0n) is 9.90. The molecule has 0 aliphatic carbocycles. The van der Waals surface area contributed by atoms with E-state index in [1.165, 1.54) is 6.07 Å². The standard InChI is InChI=1S/C10H16ClN3O3/c1-13(5-6-17-2)3-4-14-9(15)7-8(11)12-10(14)16/h7H,3-6H2,1-2H3,(H,12,16). The van der Waals surface area contributed by atoms with Gasteiger partial charge in [0.25, 0.3) is 5.56 Å². The summed E-state index contributed by atoms with van der Waals surface area (Å²) in [6.45, 7) is 2.28. The molecule has 0 unspecified atom stereocenters. The number of methoxy groups -OCH3 is 1. The lowest BCUT2D eigenvalue weighted by Gasteiger charge is -2.16. The Morgan fingerprint density at radius 3 is 2.76 bits per heavy atom. The molecule has 17 heavy (non-hydrogen) atoms. The van der Waals surface area contributed by atoms with E-state index in [4.69, 9.17) is 16.3 Å². The van der Waals surface area contributed by atoms with Crippen LogP contribution in [0.2, 0.25) is 5.15 Å². The maximum absolute atomic E-state index is 11.5. The Morgan fingerprint density at radius 1 is 1.47 bits per heavy atom. The third-order valence-electron chi connectivity index (χ3n) is 2.37. The molecule has 0 radical (unpaired) electrons. The fourth-order valence-corrected chi connectivity index (χ4v) is 1.51. The van der Waals surface area contributed by atoms with Gasteiger partial charge in [-0.3, -0.25) is 14.3 Å². The number of nitrogens with zero attached hydrogens (tertiary/aromatic N) is 2. The molecule has 0 saturated carbocycles. The summed E-state index contributed by atoms with van der Waals surface area (Å²) in [7, 11) is 3.52. The molecule has 7 heteroatoms. The van der Waals surface area contributed by atoms with Crippen LogP contribution in [0.15, 0.2) is 15.7 Å². The lowest BCUT2D eigenvalue weighted by atomic mass is 10.5. The highest BCUT2D eigenvalue weighted by molar-refractivity contribution is 6.29. The second kappa shape index (κ2) is 6.58. The van der Waals surface area contributed by atoms with E-state index in [1.54, 1.807) is 7.11 Å². The highest BCUT2D eigenvalue weighted by Gasteiger charge is 2.04. The van der Waals surface area contributed by atoms with Crippen LogP contribution in [0, 0.1) is 0 Å². The average Bonchev–Trinajstić information content (AvgIpc) is 2.24. The molecule has 0 aliphatic heterocycles. The predicted octanol–water partition coefficient (Wildman–Crippen LogP) is -0.232. The number of ether oxygens (including phenoxy) is 1. The Bertz CT molecular complexity index is 437. The minimum atomic E-state index is -0.484. The summed E-state index contributed by atoms with van der Waals surface area (Å²) in [5.74, 6) is 0. The molecule has 1 N–H and O–H groups in total. The fraction of sp³-hybridized carbons (Fsp3) is 0.600. The van der Waals surface area contributed by atoms with Gasteiger partial charge in [-0.05, 0) is 7.05 Å². The molecule has 96 valence electrons. The van der Waals surface area contributed by atoms with Gasteiger partial charge in [-0.15, -0.1) is 0 Å². The Kier molecular flexibility index (Phi) is 5.40. The summed E-state index contributed by atoms with van der Waals surface area (Å²) in [5, 5.41) is 0.0592. The second-order valence-corrected chi connectivity index (χ2v) is 4.12. The average molecular weight is 262 g/mol. The lowest BCUT2D eigenvalue weighted by Crippen LogP contribution is -2.38. The van der Waals surface area contributed by atoms with E-state index in [0.717, 1.165) is 11.1 Å². The van der Waals surface area contributed by atoms with Crippen molar-refractivity contribution in [2.75, 3.05) is 33.9 Å². The van der Waals surface area contributed by atoms with Crippen LogP contribution < -0.4 is 11.2 Å². The van der Waals surface area contributed by atoms with Gasteiger partial charge in [-0.25, -0.2) is 4.79 Å². The molecule has 1 aromatic heterocycles. The van der Waals surface area contributed by atoms with Crippen molar-refractivity contribution in [3.63, 3.8) is 0 Å². The van der Waals surface area contributed by atoms with E-state index in [9.17, 15) is 9.59 Å². The lowest BCUT2D eigenvalue weighted by molar-refractivity contribution is 0.159. The van der Waals surface area contributed by atoms with E-state index in [-0.39, 0.29) is 10.7 Å². The van der Waals surface area contributed by atoms with Gasteiger partial charge in [0.15, 0.2) is 0 Å². The number of hydrogen-bond acceptors (Lipinski definition) is 4. The molecule has 0 aliphatic rings. The quantitative estimate of drug-likeness (QED) is 0.719. The summed E-state index contributed by atoms with van der Waals surface area (Å²) in [4.78, 5) is 27.3. The molecule has 1 rings (SSSR count). The Hall–Kier alpha value is -1.11. The smallest absolute Gasteiger partial charge is 0.329 e. The first kappa shape index (κ1) is 14.0. The van der Waals surface area contributed by atoms with Crippen molar-refractivity contribution in [1.82, 2.24) is 14.5 Å². The van der Waals surface area contributed by atoms with Gasteiger partial charge in [0.1, 0.15) is 5.15 Å². The molecule has 0 saturated heterocycles. The van der Waals surface area contributed by atoms with Crippen LogP contribution in [0.1, 0.15) is 0 Å². The molecule has 6 nitrogen and oxygen atoms in total. The number of aromatic nitrogens is 2. The van der Waals surface area contributed by atoms with Crippen molar-refractivity contribution in [3.05, 3.63) is 32.1 Å². The molecule has 0 amide bonds. The van der Waals surface area contributed by atoms with Gasteiger partial charge in [-0.2, -0.15) is 0 Å². The second-order valence-electron chi connectivity index (χ2n) is 3.71. The van der Waals surface area contributed by atoms with E-state index >= 15 is 0 Å². The topological polar surface area (TPSA) is 67.3 Å². The minimum Gasteiger partial charge on any atom is -0.383 e. The predicted molar refractivity (Wildman–Crippen MR) is 65.7 cm³/mol. The first-order chi connectivity index (χ1) is 8.04.